The normalized spacial score (nSPS) is 20.1. The third-order valence-electron chi connectivity index (χ3n) is 6.09. The molecule has 0 spiro atoms. The van der Waals surface area contributed by atoms with Crippen LogP contribution in [0.1, 0.15) is 40.2 Å². The molecular formula is C23H25ClN6. The molecule has 154 valence electrons. The van der Waals surface area contributed by atoms with Crippen molar-refractivity contribution in [3.05, 3.63) is 82.2 Å². The first-order valence-corrected chi connectivity index (χ1v) is 10.6. The molecule has 3 N–H and O–H groups in total. The van der Waals surface area contributed by atoms with E-state index in [0.29, 0.717) is 5.02 Å². The van der Waals surface area contributed by atoms with Gasteiger partial charge in [-0.25, -0.2) is 4.98 Å². The molecule has 1 aromatic carbocycles. The summed E-state index contributed by atoms with van der Waals surface area (Å²) in [7, 11) is 1.97. The van der Waals surface area contributed by atoms with Gasteiger partial charge in [0.25, 0.3) is 0 Å². The maximum Gasteiger partial charge on any atom is 0.0946 e. The predicted molar refractivity (Wildman–Crippen MR) is 120 cm³/mol. The van der Waals surface area contributed by atoms with Crippen molar-refractivity contribution in [2.75, 3.05) is 26.2 Å². The first kappa shape index (κ1) is 19.5. The number of aryl methyl sites for hydroxylation is 1. The van der Waals surface area contributed by atoms with E-state index in [0.717, 1.165) is 54.3 Å². The van der Waals surface area contributed by atoms with Crippen molar-refractivity contribution in [3.63, 3.8) is 0 Å². The van der Waals surface area contributed by atoms with Gasteiger partial charge in [0.05, 0.1) is 36.0 Å². The highest BCUT2D eigenvalue weighted by atomic mass is 35.5. The van der Waals surface area contributed by atoms with E-state index in [1.807, 2.05) is 42.2 Å². The van der Waals surface area contributed by atoms with E-state index in [1.165, 1.54) is 5.56 Å². The highest BCUT2D eigenvalue weighted by Gasteiger charge is 2.33. The Balaban J connectivity index is 1.73. The maximum atomic E-state index is 6.81. The lowest BCUT2D eigenvalue weighted by molar-refractivity contribution is 0.195. The van der Waals surface area contributed by atoms with Gasteiger partial charge in [-0.1, -0.05) is 23.7 Å². The molecule has 30 heavy (non-hydrogen) atoms. The Morgan fingerprint density at radius 1 is 1.23 bits per heavy atom. The number of nitrogens with one attached hydrogen (secondary N) is 1. The van der Waals surface area contributed by atoms with E-state index in [9.17, 15) is 0 Å². The summed E-state index contributed by atoms with van der Waals surface area (Å²) in [5.41, 5.74) is 13.2. The zero-order chi connectivity index (χ0) is 20.7. The van der Waals surface area contributed by atoms with Crippen LogP contribution in [0, 0.1) is 0 Å². The highest BCUT2D eigenvalue weighted by molar-refractivity contribution is 6.30. The van der Waals surface area contributed by atoms with Gasteiger partial charge >= 0.3 is 0 Å². The first-order valence-electron chi connectivity index (χ1n) is 10.3. The molecule has 0 radical (unpaired) electrons. The Morgan fingerprint density at radius 2 is 2.07 bits per heavy atom. The van der Waals surface area contributed by atoms with Crippen LogP contribution in [0.5, 0.6) is 0 Å². The third kappa shape index (κ3) is 3.36. The lowest BCUT2D eigenvalue weighted by atomic mass is 9.90. The van der Waals surface area contributed by atoms with E-state index >= 15 is 0 Å². The minimum atomic E-state index is -0.329. The topological polar surface area (TPSA) is 72.0 Å². The van der Waals surface area contributed by atoms with Gasteiger partial charge in [0.1, 0.15) is 0 Å². The Morgan fingerprint density at radius 3 is 2.83 bits per heavy atom. The summed E-state index contributed by atoms with van der Waals surface area (Å²) in [6.07, 6.45) is 7.67. The van der Waals surface area contributed by atoms with E-state index in [1.54, 1.807) is 6.33 Å². The molecule has 2 aromatic heterocycles. The number of fused-ring (bicyclic) bond motifs is 2. The zero-order valence-electron chi connectivity index (χ0n) is 16.9. The van der Waals surface area contributed by atoms with Crippen LogP contribution in [0.25, 0.3) is 11.6 Å². The molecule has 6 nitrogen and oxygen atoms in total. The summed E-state index contributed by atoms with van der Waals surface area (Å²) < 4.78 is 1.97. The quantitative estimate of drug-likeness (QED) is 0.681. The Kier molecular flexibility index (Phi) is 5.16. The first-order chi connectivity index (χ1) is 14.6. The lowest BCUT2D eigenvalue weighted by Gasteiger charge is -2.36. The van der Waals surface area contributed by atoms with Crippen molar-refractivity contribution >= 4 is 23.3 Å². The van der Waals surface area contributed by atoms with Gasteiger partial charge in [-0.15, -0.1) is 0 Å². The molecular weight excluding hydrogens is 396 g/mol. The number of halogens is 1. The van der Waals surface area contributed by atoms with E-state index in [2.05, 4.69) is 33.4 Å². The van der Waals surface area contributed by atoms with E-state index in [-0.39, 0.29) is 12.1 Å². The molecule has 3 heterocycles. The lowest BCUT2D eigenvalue weighted by Crippen LogP contribution is -2.45. The number of nitrogens with zero attached hydrogens (tertiary/aromatic N) is 4. The second-order valence-electron chi connectivity index (χ2n) is 7.90. The van der Waals surface area contributed by atoms with Crippen molar-refractivity contribution < 1.29 is 0 Å². The number of hydrogen-bond acceptors (Lipinski definition) is 5. The average Bonchev–Trinajstić information content (AvgIpc) is 3.14. The maximum absolute atomic E-state index is 6.81. The second-order valence-corrected chi connectivity index (χ2v) is 8.34. The molecule has 1 aliphatic carbocycles. The number of aromatic nitrogens is 3. The van der Waals surface area contributed by atoms with Gasteiger partial charge in [0.2, 0.25) is 0 Å². The monoisotopic (exact) mass is 420 g/mol. The summed E-state index contributed by atoms with van der Waals surface area (Å²) in [4.78, 5) is 11.6. The Bertz CT molecular complexity index is 1100. The van der Waals surface area contributed by atoms with Crippen LogP contribution < -0.4 is 11.1 Å². The molecule has 1 unspecified atom stereocenters. The standard InChI is InChI=1S/C23H25ClN6/c1-29-14-27-13-20(29)21(25)19-11-15-3-2-6-28-22(15)23(30-9-7-26-8-10-30)17-5-4-16(24)12-18(17)19/h2-6,11-14,21,23,26H,7-10,25H2,1H3/t21-,23?/m0/s1. The van der Waals surface area contributed by atoms with Crippen LogP contribution in [-0.2, 0) is 7.05 Å². The van der Waals surface area contributed by atoms with Gasteiger partial charge in [-0.05, 0) is 46.5 Å². The molecule has 0 saturated carbocycles. The molecule has 0 bridgehead atoms. The Hall–Kier alpha value is -2.51. The third-order valence-corrected chi connectivity index (χ3v) is 6.32. The molecule has 2 aliphatic rings. The van der Waals surface area contributed by atoms with Crippen molar-refractivity contribution in [2.24, 2.45) is 12.8 Å². The largest absolute Gasteiger partial charge is 0.336 e. The number of imidazole rings is 1. The van der Waals surface area contributed by atoms with Crippen molar-refractivity contribution in [2.45, 2.75) is 12.1 Å². The minimum absolute atomic E-state index is 0.0584. The fraction of sp³-hybridized carbons (Fsp3) is 0.304. The molecule has 1 saturated heterocycles. The van der Waals surface area contributed by atoms with Crippen molar-refractivity contribution in [3.8, 4) is 0 Å². The predicted octanol–water partition coefficient (Wildman–Crippen LogP) is 3.02. The number of pyridine rings is 1. The van der Waals surface area contributed by atoms with Gasteiger partial charge in [0.15, 0.2) is 0 Å². The zero-order valence-corrected chi connectivity index (χ0v) is 17.7. The van der Waals surface area contributed by atoms with Gasteiger partial charge in [0, 0.05) is 44.4 Å². The van der Waals surface area contributed by atoms with Crippen LogP contribution >= 0.6 is 11.6 Å². The SMILES string of the molecule is Cn1cncc1[C@@H](N)C1=Cc2cccnc2C(N2CCNCC2)c2ccc(Cl)cc21. The van der Waals surface area contributed by atoms with E-state index < -0.39 is 0 Å². The number of hydrogen-bond donors (Lipinski definition) is 2. The van der Waals surface area contributed by atoms with Gasteiger partial charge < -0.3 is 15.6 Å². The van der Waals surface area contributed by atoms with Crippen molar-refractivity contribution in [1.29, 1.82) is 0 Å². The van der Waals surface area contributed by atoms with Crippen molar-refractivity contribution in [1.82, 2.24) is 24.8 Å². The van der Waals surface area contributed by atoms with Crippen LogP contribution in [-0.4, -0.2) is 45.6 Å². The fourth-order valence-corrected chi connectivity index (χ4v) is 4.76. The number of benzene rings is 1. The fourth-order valence-electron chi connectivity index (χ4n) is 4.58. The van der Waals surface area contributed by atoms with Crippen LogP contribution in [0.3, 0.4) is 0 Å². The summed E-state index contributed by atoms with van der Waals surface area (Å²) in [6, 6.07) is 9.99. The summed E-state index contributed by atoms with van der Waals surface area (Å²) in [5.74, 6) is 0. The molecule has 0 amide bonds. The average molecular weight is 421 g/mol. The molecule has 3 aromatic rings. The number of rotatable bonds is 3. The molecule has 5 rings (SSSR count). The second kappa shape index (κ2) is 7.96. The summed E-state index contributed by atoms with van der Waals surface area (Å²) >= 11 is 6.48. The van der Waals surface area contributed by atoms with Gasteiger partial charge in [-0.2, -0.15) is 0 Å². The van der Waals surface area contributed by atoms with Crippen LogP contribution in [0.4, 0.5) is 0 Å². The molecule has 1 aliphatic heterocycles. The van der Waals surface area contributed by atoms with Crippen LogP contribution in [0.15, 0.2) is 49.1 Å². The molecule has 1 fully saturated rings. The Labute approximate surface area is 181 Å². The number of nitrogens with two attached hydrogens (primary N) is 1. The van der Waals surface area contributed by atoms with Gasteiger partial charge in [-0.3, -0.25) is 9.88 Å². The highest BCUT2D eigenvalue weighted by Crippen LogP contribution is 2.43. The smallest absolute Gasteiger partial charge is 0.0946 e. The summed E-state index contributed by atoms with van der Waals surface area (Å²) in [6.45, 7) is 3.87. The van der Waals surface area contributed by atoms with Crippen LogP contribution in [0.2, 0.25) is 5.02 Å². The summed E-state index contributed by atoms with van der Waals surface area (Å²) in [5, 5.41) is 4.16. The number of piperazine rings is 1. The molecule has 7 heteroatoms. The minimum Gasteiger partial charge on any atom is -0.336 e. The molecule has 2 atom stereocenters. The van der Waals surface area contributed by atoms with E-state index in [4.69, 9.17) is 22.3 Å².